The Balaban J connectivity index is 1.68. The highest BCUT2D eigenvalue weighted by Crippen LogP contribution is 2.22. The number of piperidine rings is 1. The van der Waals surface area contributed by atoms with Gasteiger partial charge in [0.1, 0.15) is 0 Å². The van der Waals surface area contributed by atoms with Crippen LogP contribution in [0, 0.1) is 11.8 Å². The number of aromatic nitrogens is 2. The number of rotatable bonds is 3. The van der Waals surface area contributed by atoms with Crippen molar-refractivity contribution in [3.05, 3.63) is 48.3 Å². The lowest BCUT2D eigenvalue weighted by Crippen LogP contribution is -2.38. The molecule has 0 bridgehead atoms. The zero-order valence-corrected chi connectivity index (χ0v) is 12.4. The van der Waals surface area contributed by atoms with E-state index < -0.39 is 0 Å². The van der Waals surface area contributed by atoms with E-state index in [2.05, 4.69) is 42.2 Å². The van der Waals surface area contributed by atoms with Crippen LogP contribution in [0.2, 0.25) is 0 Å². The fourth-order valence-corrected chi connectivity index (χ4v) is 3.34. The van der Waals surface area contributed by atoms with E-state index in [1.54, 1.807) is 0 Å². The summed E-state index contributed by atoms with van der Waals surface area (Å²) in [5.41, 5.74) is 2.43. The normalized spacial score (nSPS) is 23.9. The Morgan fingerprint density at radius 1 is 1.10 bits per heavy atom. The maximum Gasteiger partial charge on any atom is 0.0645 e. The molecule has 1 aliphatic rings. The Labute approximate surface area is 121 Å². The molecule has 1 aromatic heterocycles. The maximum absolute atomic E-state index is 4.48. The van der Waals surface area contributed by atoms with Crippen LogP contribution in [-0.4, -0.2) is 27.8 Å². The van der Waals surface area contributed by atoms with Gasteiger partial charge in [0.15, 0.2) is 0 Å². The van der Waals surface area contributed by atoms with E-state index in [4.69, 9.17) is 0 Å². The molecule has 1 fully saturated rings. The molecule has 0 aliphatic carbocycles. The summed E-state index contributed by atoms with van der Waals surface area (Å²) in [5.74, 6) is 1.62. The highest BCUT2D eigenvalue weighted by molar-refractivity contribution is 5.30. The molecule has 0 amide bonds. The van der Waals surface area contributed by atoms with Crippen molar-refractivity contribution < 1.29 is 0 Å². The molecular formula is C17H23N3. The lowest BCUT2D eigenvalue weighted by molar-refractivity contribution is 0.134. The van der Waals surface area contributed by atoms with Crippen LogP contribution in [0.3, 0.4) is 0 Å². The van der Waals surface area contributed by atoms with Crippen molar-refractivity contribution in [2.75, 3.05) is 13.1 Å². The number of para-hydroxylation sites is 1. The molecule has 0 spiro atoms. The van der Waals surface area contributed by atoms with Crippen molar-refractivity contribution >= 4 is 0 Å². The van der Waals surface area contributed by atoms with Gasteiger partial charge in [-0.25, -0.2) is 4.68 Å². The quantitative estimate of drug-likeness (QED) is 0.852. The first-order valence-electron chi connectivity index (χ1n) is 7.52. The predicted molar refractivity (Wildman–Crippen MR) is 81.8 cm³/mol. The van der Waals surface area contributed by atoms with Gasteiger partial charge in [0.2, 0.25) is 0 Å². The van der Waals surface area contributed by atoms with Crippen LogP contribution < -0.4 is 0 Å². The Morgan fingerprint density at radius 2 is 1.80 bits per heavy atom. The maximum atomic E-state index is 4.48. The summed E-state index contributed by atoms with van der Waals surface area (Å²) in [4.78, 5) is 2.56. The van der Waals surface area contributed by atoms with Crippen LogP contribution in [0.4, 0.5) is 0 Å². The second-order valence-corrected chi connectivity index (χ2v) is 6.27. The smallest absolute Gasteiger partial charge is 0.0645 e. The average molecular weight is 269 g/mol. The fourth-order valence-electron chi connectivity index (χ4n) is 3.34. The molecule has 2 atom stereocenters. The Kier molecular flexibility index (Phi) is 3.88. The second-order valence-electron chi connectivity index (χ2n) is 6.27. The monoisotopic (exact) mass is 269 g/mol. The van der Waals surface area contributed by atoms with E-state index in [1.165, 1.54) is 25.1 Å². The first-order valence-corrected chi connectivity index (χ1v) is 7.52. The molecule has 2 aromatic rings. The highest BCUT2D eigenvalue weighted by Gasteiger charge is 2.21. The van der Waals surface area contributed by atoms with Gasteiger partial charge in [0, 0.05) is 31.4 Å². The minimum absolute atomic E-state index is 0.808. The molecule has 3 rings (SSSR count). The largest absolute Gasteiger partial charge is 0.298 e. The molecule has 106 valence electrons. The number of hydrogen-bond acceptors (Lipinski definition) is 2. The third-order valence-corrected chi connectivity index (χ3v) is 4.01. The SMILES string of the molecule is CC1CC(C)CN(Cc2cnn(-c3ccccc3)c2)C1. The highest BCUT2D eigenvalue weighted by atomic mass is 15.3. The zero-order valence-electron chi connectivity index (χ0n) is 12.4. The van der Waals surface area contributed by atoms with E-state index in [0.29, 0.717) is 0 Å². The Bertz CT molecular complexity index is 536. The van der Waals surface area contributed by atoms with Crippen molar-refractivity contribution in [2.24, 2.45) is 11.8 Å². The van der Waals surface area contributed by atoms with Crippen LogP contribution in [0.25, 0.3) is 5.69 Å². The fraction of sp³-hybridized carbons (Fsp3) is 0.471. The van der Waals surface area contributed by atoms with Gasteiger partial charge in [-0.2, -0.15) is 5.10 Å². The van der Waals surface area contributed by atoms with E-state index in [1.807, 2.05) is 29.1 Å². The number of hydrogen-bond donors (Lipinski definition) is 0. The summed E-state index contributed by atoms with van der Waals surface area (Å²) in [6, 6.07) is 10.3. The van der Waals surface area contributed by atoms with E-state index in [-0.39, 0.29) is 0 Å². The van der Waals surface area contributed by atoms with Crippen LogP contribution >= 0.6 is 0 Å². The number of likely N-dealkylation sites (tertiary alicyclic amines) is 1. The van der Waals surface area contributed by atoms with Gasteiger partial charge in [-0.15, -0.1) is 0 Å². The third kappa shape index (κ3) is 3.10. The van der Waals surface area contributed by atoms with Crippen molar-refractivity contribution in [3.8, 4) is 5.69 Å². The first-order chi connectivity index (χ1) is 9.70. The molecule has 3 nitrogen and oxygen atoms in total. The molecule has 0 N–H and O–H groups in total. The summed E-state index contributed by atoms with van der Waals surface area (Å²) in [6.45, 7) is 8.15. The lowest BCUT2D eigenvalue weighted by atomic mass is 9.92. The second kappa shape index (κ2) is 5.80. The standard InChI is InChI=1S/C17H23N3/c1-14-8-15(2)11-19(10-14)12-16-9-18-20(13-16)17-6-4-3-5-7-17/h3-7,9,13-15H,8,10-12H2,1-2H3. The minimum atomic E-state index is 0.808. The lowest BCUT2D eigenvalue weighted by Gasteiger charge is -2.34. The van der Waals surface area contributed by atoms with E-state index in [0.717, 1.165) is 24.1 Å². The number of benzene rings is 1. The van der Waals surface area contributed by atoms with Gasteiger partial charge in [0.05, 0.1) is 11.9 Å². The van der Waals surface area contributed by atoms with Crippen molar-refractivity contribution in [3.63, 3.8) is 0 Å². The molecule has 1 aliphatic heterocycles. The van der Waals surface area contributed by atoms with Crippen LogP contribution in [0.1, 0.15) is 25.8 Å². The molecule has 2 heterocycles. The van der Waals surface area contributed by atoms with Crippen molar-refractivity contribution in [1.82, 2.24) is 14.7 Å². The molecule has 1 aromatic carbocycles. The summed E-state index contributed by atoms with van der Waals surface area (Å²) >= 11 is 0. The molecule has 0 radical (unpaired) electrons. The van der Waals surface area contributed by atoms with Gasteiger partial charge in [-0.1, -0.05) is 32.0 Å². The van der Waals surface area contributed by atoms with Crippen LogP contribution in [0.15, 0.2) is 42.7 Å². The van der Waals surface area contributed by atoms with Crippen molar-refractivity contribution in [1.29, 1.82) is 0 Å². The molecular weight excluding hydrogens is 246 g/mol. The molecule has 0 saturated carbocycles. The Morgan fingerprint density at radius 3 is 2.50 bits per heavy atom. The van der Waals surface area contributed by atoms with Gasteiger partial charge in [-0.05, 0) is 30.4 Å². The van der Waals surface area contributed by atoms with E-state index in [9.17, 15) is 0 Å². The average Bonchev–Trinajstić information content (AvgIpc) is 2.87. The summed E-state index contributed by atoms with van der Waals surface area (Å²) in [6.07, 6.45) is 5.51. The molecule has 3 heteroatoms. The topological polar surface area (TPSA) is 21.1 Å². The Hall–Kier alpha value is -1.61. The summed E-state index contributed by atoms with van der Waals surface area (Å²) in [7, 11) is 0. The first kappa shape index (κ1) is 13.4. The summed E-state index contributed by atoms with van der Waals surface area (Å²) in [5, 5.41) is 4.48. The van der Waals surface area contributed by atoms with Gasteiger partial charge >= 0.3 is 0 Å². The minimum Gasteiger partial charge on any atom is -0.298 e. The zero-order chi connectivity index (χ0) is 13.9. The number of nitrogens with zero attached hydrogens (tertiary/aromatic N) is 3. The predicted octanol–water partition coefficient (Wildman–Crippen LogP) is 3.35. The molecule has 2 unspecified atom stereocenters. The van der Waals surface area contributed by atoms with Crippen molar-refractivity contribution in [2.45, 2.75) is 26.8 Å². The van der Waals surface area contributed by atoms with Gasteiger partial charge in [-0.3, -0.25) is 4.90 Å². The summed E-state index contributed by atoms with van der Waals surface area (Å²) < 4.78 is 1.96. The third-order valence-electron chi connectivity index (χ3n) is 4.01. The van der Waals surface area contributed by atoms with Crippen LogP contribution in [-0.2, 0) is 6.54 Å². The molecule has 1 saturated heterocycles. The van der Waals surface area contributed by atoms with Crippen LogP contribution in [0.5, 0.6) is 0 Å². The van der Waals surface area contributed by atoms with E-state index >= 15 is 0 Å². The van der Waals surface area contributed by atoms with Gasteiger partial charge in [0.25, 0.3) is 0 Å². The van der Waals surface area contributed by atoms with Gasteiger partial charge < -0.3 is 0 Å². The molecule has 20 heavy (non-hydrogen) atoms.